The average Bonchev–Trinajstić information content (AvgIpc) is 2.63. The molecule has 10 heteroatoms. The number of hydrazone groups is 1. The third-order valence-corrected chi connectivity index (χ3v) is 3.33. The summed E-state index contributed by atoms with van der Waals surface area (Å²) in [4.78, 5) is 25.9. The fraction of sp³-hybridized carbons (Fsp3) is 0.188. The van der Waals surface area contributed by atoms with Gasteiger partial charge in [0.1, 0.15) is 5.75 Å². The fourth-order valence-electron chi connectivity index (χ4n) is 2.00. The Kier molecular flexibility index (Phi) is 6.17. The second kappa shape index (κ2) is 8.53. The van der Waals surface area contributed by atoms with Gasteiger partial charge in [0.25, 0.3) is 5.91 Å². The number of nitro groups is 1. The average molecular weight is 360 g/mol. The first-order valence-corrected chi connectivity index (χ1v) is 7.40. The highest BCUT2D eigenvalue weighted by molar-refractivity contribution is 5.87. The van der Waals surface area contributed by atoms with E-state index < -0.39 is 17.4 Å². The van der Waals surface area contributed by atoms with Gasteiger partial charge in [-0.15, -0.1) is 0 Å². The van der Waals surface area contributed by atoms with Crippen molar-refractivity contribution in [1.82, 2.24) is 10.4 Å². The van der Waals surface area contributed by atoms with Gasteiger partial charge >= 0.3 is 5.69 Å². The van der Waals surface area contributed by atoms with E-state index in [1.807, 2.05) is 0 Å². The summed E-state index contributed by atoms with van der Waals surface area (Å²) in [5.41, 5.74) is 2.81. The summed E-state index contributed by atoms with van der Waals surface area (Å²) in [6, 6.07) is 5.66. The summed E-state index contributed by atoms with van der Waals surface area (Å²) in [6.45, 7) is 0.723. The van der Waals surface area contributed by atoms with Crippen LogP contribution < -0.4 is 10.2 Å². The molecule has 0 aliphatic carbocycles. The highest BCUT2D eigenvalue weighted by Gasteiger charge is 2.15. The zero-order valence-corrected chi connectivity index (χ0v) is 13.7. The van der Waals surface area contributed by atoms with Gasteiger partial charge in [0.05, 0.1) is 23.4 Å². The van der Waals surface area contributed by atoms with Crippen molar-refractivity contribution < 1.29 is 24.7 Å². The molecule has 0 saturated heterocycles. The molecule has 0 atom stereocenters. The Hall–Kier alpha value is -3.53. The summed E-state index contributed by atoms with van der Waals surface area (Å²) in [5, 5.41) is 33.7. The number of benzene rings is 1. The van der Waals surface area contributed by atoms with Crippen LogP contribution in [0.25, 0.3) is 0 Å². The standard InChI is InChI=1S/C16H16N4O6/c1-10-16(23)12(11(8-21)6-17-10)7-18-19-15(22)9-26-14-5-3-2-4-13(14)20(24)25/h2-7,21,23H,8-9H2,1H3,(H,19,22)/b18-7-. The maximum absolute atomic E-state index is 11.8. The first-order chi connectivity index (χ1) is 12.4. The predicted molar refractivity (Wildman–Crippen MR) is 90.9 cm³/mol. The number of hydrogen-bond acceptors (Lipinski definition) is 8. The third-order valence-electron chi connectivity index (χ3n) is 3.33. The summed E-state index contributed by atoms with van der Waals surface area (Å²) >= 11 is 0. The second-order valence-electron chi connectivity index (χ2n) is 5.10. The molecule has 10 nitrogen and oxygen atoms in total. The first-order valence-electron chi connectivity index (χ1n) is 7.40. The van der Waals surface area contributed by atoms with Crippen molar-refractivity contribution in [1.29, 1.82) is 0 Å². The van der Waals surface area contributed by atoms with Crippen LogP contribution in [0.5, 0.6) is 11.5 Å². The lowest BCUT2D eigenvalue weighted by Gasteiger charge is -2.07. The molecule has 0 bridgehead atoms. The van der Waals surface area contributed by atoms with Gasteiger partial charge in [-0.1, -0.05) is 12.1 Å². The van der Waals surface area contributed by atoms with E-state index in [2.05, 4.69) is 15.5 Å². The number of aromatic nitrogens is 1. The molecule has 3 N–H and O–H groups in total. The molecule has 0 aliphatic heterocycles. The number of pyridine rings is 1. The van der Waals surface area contributed by atoms with Gasteiger partial charge in [-0.2, -0.15) is 5.10 Å². The Morgan fingerprint density at radius 2 is 2.19 bits per heavy atom. The number of nitrogens with one attached hydrogen (secondary N) is 1. The molecule has 1 heterocycles. The summed E-state index contributed by atoms with van der Waals surface area (Å²) < 4.78 is 5.12. The minimum Gasteiger partial charge on any atom is -0.505 e. The quantitative estimate of drug-likeness (QED) is 0.379. The second-order valence-corrected chi connectivity index (χ2v) is 5.10. The lowest BCUT2D eigenvalue weighted by Crippen LogP contribution is -2.24. The molecule has 0 unspecified atom stereocenters. The van der Waals surface area contributed by atoms with Gasteiger partial charge < -0.3 is 14.9 Å². The number of nitro benzene ring substituents is 1. The van der Waals surface area contributed by atoms with E-state index >= 15 is 0 Å². The SMILES string of the molecule is Cc1ncc(CO)c(/C=N\NC(=O)COc2ccccc2[N+](=O)[O-])c1O. The van der Waals surface area contributed by atoms with E-state index in [1.54, 1.807) is 13.0 Å². The number of ether oxygens (including phenoxy) is 1. The Balaban J connectivity index is 1.99. The minimum atomic E-state index is -0.657. The van der Waals surface area contributed by atoms with E-state index in [0.717, 1.165) is 0 Å². The summed E-state index contributed by atoms with van der Waals surface area (Å²) in [5.74, 6) is -0.859. The van der Waals surface area contributed by atoms with Crippen LogP contribution in [0, 0.1) is 17.0 Å². The van der Waals surface area contributed by atoms with Crippen molar-refractivity contribution in [3.05, 3.63) is 57.4 Å². The number of aliphatic hydroxyl groups excluding tert-OH is 1. The van der Waals surface area contributed by atoms with Crippen molar-refractivity contribution in [2.75, 3.05) is 6.61 Å². The topological polar surface area (TPSA) is 147 Å². The molecule has 136 valence electrons. The van der Waals surface area contributed by atoms with Crippen molar-refractivity contribution in [2.24, 2.45) is 5.10 Å². The number of para-hydroxylation sites is 2. The number of aryl methyl sites for hydroxylation is 1. The first kappa shape index (κ1) is 18.8. The van der Waals surface area contributed by atoms with Crippen LogP contribution >= 0.6 is 0 Å². The van der Waals surface area contributed by atoms with E-state index in [4.69, 9.17) is 4.74 Å². The van der Waals surface area contributed by atoms with E-state index in [1.165, 1.54) is 30.6 Å². The summed E-state index contributed by atoms with van der Waals surface area (Å²) in [6.07, 6.45) is 2.55. The Morgan fingerprint density at radius 1 is 1.46 bits per heavy atom. The third kappa shape index (κ3) is 4.51. The number of carbonyl (C=O) groups excluding carboxylic acids is 1. The molecule has 0 spiro atoms. The van der Waals surface area contributed by atoms with Crippen LogP contribution in [0.15, 0.2) is 35.6 Å². The molecule has 2 aromatic rings. The molecule has 0 fully saturated rings. The Bertz CT molecular complexity index is 853. The van der Waals surface area contributed by atoms with E-state index in [9.17, 15) is 25.1 Å². The highest BCUT2D eigenvalue weighted by atomic mass is 16.6. The monoisotopic (exact) mass is 360 g/mol. The minimum absolute atomic E-state index is 0.0402. The zero-order chi connectivity index (χ0) is 19.1. The van der Waals surface area contributed by atoms with Crippen molar-refractivity contribution in [3.8, 4) is 11.5 Å². The fourth-order valence-corrected chi connectivity index (χ4v) is 2.00. The Labute approximate surface area is 147 Å². The van der Waals surface area contributed by atoms with Crippen LogP contribution in [0.1, 0.15) is 16.8 Å². The van der Waals surface area contributed by atoms with Gasteiger partial charge in [0.15, 0.2) is 12.4 Å². The lowest BCUT2D eigenvalue weighted by atomic mass is 10.1. The molecule has 2 rings (SSSR count). The molecule has 1 aromatic carbocycles. The molecule has 26 heavy (non-hydrogen) atoms. The largest absolute Gasteiger partial charge is 0.505 e. The predicted octanol–water partition coefficient (Wildman–Crippen LogP) is 1.03. The van der Waals surface area contributed by atoms with Crippen LogP contribution in [0.4, 0.5) is 5.69 Å². The van der Waals surface area contributed by atoms with Crippen LogP contribution in [-0.2, 0) is 11.4 Å². The van der Waals surface area contributed by atoms with Crippen LogP contribution in [0.2, 0.25) is 0 Å². The molecule has 0 aliphatic rings. The van der Waals surface area contributed by atoms with Gasteiger partial charge in [0, 0.05) is 23.4 Å². The normalized spacial score (nSPS) is 10.7. The van der Waals surface area contributed by atoms with Gasteiger partial charge in [0.2, 0.25) is 0 Å². The molecule has 0 saturated carbocycles. The van der Waals surface area contributed by atoms with Gasteiger partial charge in [-0.25, -0.2) is 5.43 Å². The Morgan fingerprint density at radius 3 is 2.88 bits per heavy atom. The lowest BCUT2D eigenvalue weighted by molar-refractivity contribution is -0.385. The molecule has 1 aromatic heterocycles. The molecule has 0 radical (unpaired) electrons. The molecular formula is C16H16N4O6. The van der Waals surface area contributed by atoms with Crippen molar-refractivity contribution in [2.45, 2.75) is 13.5 Å². The van der Waals surface area contributed by atoms with Crippen molar-refractivity contribution in [3.63, 3.8) is 0 Å². The van der Waals surface area contributed by atoms with Crippen molar-refractivity contribution >= 4 is 17.8 Å². The summed E-state index contributed by atoms with van der Waals surface area (Å²) in [7, 11) is 0. The number of aromatic hydroxyl groups is 1. The smallest absolute Gasteiger partial charge is 0.310 e. The molecule has 1 amide bonds. The van der Waals surface area contributed by atoms with E-state index in [-0.39, 0.29) is 29.4 Å². The van der Waals surface area contributed by atoms with Crippen LogP contribution in [-0.4, -0.2) is 38.8 Å². The van der Waals surface area contributed by atoms with E-state index in [0.29, 0.717) is 11.3 Å². The number of amides is 1. The molecular weight excluding hydrogens is 344 g/mol. The number of rotatable bonds is 7. The maximum Gasteiger partial charge on any atom is 0.310 e. The number of carbonyl (C=O) groups is 1. The number of aliphatic hydroxyl groups is 1. The van der Waals surface area contributed by atoms with Gasteiger partial charge in [-0.3, -0.25) is 19.9 Å². The maximum atomic E-state index is 11.8. The highest BCUT2D eigenvalue weighted by Crippen LogP contribution is 2.25. The number of hydrogen-bond donors (Lipinski definition) is 3. The number of nitrogens with zero attached hydrogens (tertiary/aromatic N) is 3. The zero-order valence-electron chi connectivity index (χ0n) is 13.7. The van der Waals surface area contributed by atoms with Crippen LogP contribution in [0.3, 0.4) is 0 Å². The van der Waals surface area contributed by atoms with Gasteiger partial charge in [-0.05, 0) is 13.0 Å².